The topological polar surface area (TPSA) is 17.3 Å². The highest BCUT2D eigenvalue weighted by Crippen LogP contribution is 2.24. The molecule has 0 N–H and O–H groups in total. The Kier molecular flexibility index (Phi) is 1.62. The Morgan fingerprint density at radius 3 is 2.85 bits per heavy atom. The van der Waals surface area contributed by atoms with Crippen molar-refractivity contribution in [3.8, 4) is 0 Å². The maximum absolute atomic E-state index is 13.5. The van der Waals surface area contributed by atoms with Crippen LogP contribution < -0.4 is 0 Å². The molecular weight excluding hydrogens is 167 g/mol. The summed E-state index contributed by atoms with van der Waals surface area (Å²) in [5, 5.41) is 0. The van der Waals surface area contributed by atoms with Gasteiger partial charge >= 0.3 is 0 Å². The Bertz CT molecular complexity index is 426. The zero-order valence-electron chi connectivity index (χ0n) is 7.66. The first-order chi connectivity index (χ1) is 6.07. The summed E-state index contributed by atoms with van der Waals surface area (Å²) < 4.78 is 15.4. The van der Waals surface area contributed by atoms with Crippen LogP contribution in [-0.2, 0) is 5.67 Å². The summed E-state index contributed by atoms with van der Waals surface area (Å²) in [6, 6.07) is 3.54. The number of nitrogens with zero attached hydrogens (tertiary/aromatic N) is 2. The van der Waals surface area contributed by atoms with E-state index in [1.54, 1.807) is 32.2 Å². The van der Waals surface area contributed by atoms with Crippen molar-refractivity contribution >= 4 is 5.65 Å². The molecule has 0 saturated heterocycles. The molecule has 3 heteroatoms. The highest BCUT2D eigenvalue weighted by Gasteiger charge is 2.18. The molecule has 0 fully saturated rings. The number of hydrogen-bond acceptors (Lipinski definition) is 1. The Labute approximate surface area is 76.0 Å². The van der Waals surface area contributed by atoms with Gasteiger partial charge in [-0.3, -0.25) is 0 Å². The first-order valence-corrected chi connectivity index (χ1v) is 4.19. The lowest BCUT2D eigenvalue weighted by Gasteiger charge is -2.14. The summed E-state index contributed by atoms with van der Waals surface area (Å²) >= 11 is 0. The minimum absolute atomic E-state index is 0.659. The Morgan fingerprint density at radius 1 is 1.38 bits per heavy atom. The average Bonchev–Trinajstić information content (AvgIpc) is 2.47. The molecule has 0 unspecified atom stereocenters. The highest BCUT2D eigenvalue weighted by molar-refractivity contribution is 5.42. The smallest absolute Gasteiger partial charge is 0.137 e. The lowest BCUT2D eigenvalue weighted by molar-refractivity contribution is 0.221. The molecule has 0 saturated carbocycles. The van der Waals surface area contributed by atoms with Crippen LogP contribution in [0.5, 0.6) is 0 Å². The lowest BCUT2D eigenvalue weighted by Crippen LogP contribution is -2.09. The van der Waals surface area contributed by atoms with E-state index in [0.717, 1.165) is 5.65 Å². The van der Waals surface area contributed by atoms with Crippen LogP contribution >= 0.6 is 0 Å². The number of fused-ring (bicyclic) bond motifs is 1. The van der Waals surface area contributed by atoms with Crippen LogP contribution in [0.4, 0.5) is 4.39 Å². The average molecular weight is 178 g/mol. The van der Waals surface area contributed by atoms with E-state index < -0.39 is 5.67 Å². The van der Waals surface area contributed by atoms with E-state index in [1.165, 1.54) is 0 Å². The fourth-order valence-electron chi connectivity index (χ4n) is 1.28. The SMILES string of the molecule is CC(C)(F)c1ccn2ccnc2c1. The van der Waals surface area contributed by atoms with Gasteiger partial charge in [0, 0.05) is 18.6 Å². The number of pyridine rings is 1. The van der Waals surface area contributed by atoms with Gasteiger partial charge in [0.05, 0.1) is 0 Å². The monoisotopic (exact) mass is 178 g/mol. The third-order valence-corrected chi connectivity index (χ3v) is 2.08. The molecule has 68 valence electrons. The summed E-state index contributed by atoms with van der Waals surface area (Å²) in [7, 11) is 0. The third-order valence-electron chi connectivity index (χ3n) is 2.08. The van der Waals surface area contributed by atoms with E-state index in [2.05, 4.69) is 4.98 Å². The molecular formula is C10H11FN2. The number of rotatable bonds is 1. The van der Waals surface area contributed by atoms with Crippen molar-refractivity contribution in [2.45, 2.75) is 19.5 Å². The van der Waals surface area contributed by atoms with Gasteiger partial charge in [-0.2, -0.15) is 0 Å². The molecule has 0 amide bonds. The van der Waals surface area contributed by atoms with Crippen LogP contribution in [0, 0.1) is 0 Å². The number of halogens is 1. The quantitative estimate of drug-likeness (QED) is 0.656. The Balaban J connectivity index is 2.61. The van der Waals surface area contributed by atoms with Gasteiger partial charge in [-0.25, -0.2) is 9.37 Å². The lowest BCUT2D eigenvalue weighted by atomic mass is 10.0. The second-order valence-electron chi connectivity index (χ2n) is 3.58. The predicted molar refractivity (Wildman–Crippen MR) is 49.3 cm³/mol. The Morgan fingerprint density at radius 2 is 2.15 bits per heavy atom. The summed E-state index contributed by atoms with van der Waals surface area (Å²) in [5.41, 5.74) is 0.141. The van der Waals surface area contributed by atoms with E-state index in [0.29, 0.717) is 5.56 Å². The fourth-order valence-corrected chi connectivity index (χ4v) is 1.28. The molecule has 13 heavy (non-hydrogen) atoms. The molecule has 0 spiro atoms. The minimum Gasteiger partial charge on any atom is -0.307 e. The molecule has 0 radical (unpaired) electrons. The molecule has 0 bridgehead atoms. The minimum atomic E-state index is -1.30. The first kappa shape index (κ1) is 8.23. The number of hydrogen-bond donors (Lipinski definition) is 0. The second kappa shape index (κ2) is 2.55. The van der Waals surface area contributed by atoms with Crippen molar-refractivity contribution in [2.75, 3.05) is 0 Å². The molecule has 2 nitrogen and oxygen atoms in total. The zero-order valence-corrected chi connectivity index (χ0v) is 7.66. The number of alkyl halides is 1. The largest absolute Gasteiger partial charge is 0.307 e. The van der Waals surface area contributed by atoms with E-state index in [-0.39, 0.29) is 0 Å². The van der Waals surface area contributed by atoms with Crippen LogP contribution in [0.2, 0.25) is 0 Å². The van der Waals surface area contributed by atoms with Gasteiger partial charge in [0.15, 0.2) is 0 Å². The normalized spacial score (nSPS) is 12.2. The van der Waals surface area contributed by atoms with Gasteiger partial charge in [0.2, 0.25) is 0 Å². The van der Waals surface area contributed by atoms with Gasteiger partial charge in [0.1, 0.15) is 11.3 Å². The van der Waals surface area contributed by atoms with Crippen LogP contribution in [0.15, 0.2) is 30.7 Å². The molecule has 2 aromatic rings. The summed E-state index contributed by atoms with van der Waals surface area (Å²) in [6.07, 6.45) is 5.35. The number of imidazole rings is 1. The molecule has 2 rings (SSSR count). The van der Waals surface area contributed by atoms with Crippen LogP contribution in [0.1, 0.15) is 19.4 Å². The van der Waals surface area contributed by atoms with E-state index in [4.69, 9.17) is 0 Å². The van der Waals surface area contributed by atoms with Crippen molar-refractivity contribution in [1.29, 1.82) is 0 Å². The van der Waals surface area contributed by atoms with Gasteiger partial charge in [0.25, 0.3) is 0 Å². The highest BCUT2D eigenvalue weighted by atomic mass is 19.1. The fraction of sp³-hybridized carbons (Fsp3) is 0.300. The van der Waals surface area contributed by atoms with Crippen molar-refractivity contribution < 1.29 is 4.39 Å². The predicted octanol–water partition coefficient (Wildman–Crippen LogP) is 2.54. The summed E-state index contributed by atoms with van der Waals surface area (Å²) in [4.78, 5) is 4.09. The van der Waals surface area contributed by atoms with E-state index in [1.807, 2.05) is 16.8 Å². The summed E-state index contributed by atoms with van der Waals surface area (Å²) in [6.45, 7) is 3.09. The Hall–Kier alpha value is -1.38. The molecule has 0 aliphatic carbocycles. The molecule has 2 heterocycles. The molecule has 0 aromatic carbocycles. The second-order valence-corrected chi connectivity index (χ2v) is 3.58. The van der Waals surface area contributed by atoms with Gasteiger partial charge in [-0.15, -0.1) is 0 Å². The van der Waals surface area contributed by atoms with Gasteiger partial charge in [-0.05, 0) is 31.5 Å². The van der Waals surface area contributed by atoms with E-state index >= 15 is 0 Å². The molecule has 2 aromatic heterocycles. The van der Waals surface area contributed by atoms with Crippen LogP contribution in [0.25, 0.3) is 5.65 Å². The van der Waals surface area contributed by atoms with E-state index in [9.17, 15) is 4.39 Å². The van der Waals surface area contributed by atoms with Crippen molar-refractivity contribution in [3.05, 3.63) is 36.3 Å². The summed E-state index contributed by atoms with van der Waals surface area (Å²) in [5.74, 6) is 0. The third kappa shape index (κ3) is 1.41. The van der Waals surface area contributed by atoms with Crippen molar-refractivity contribution in [1.82, 2.24) is 9.38 Å². The molecule has 0 atom stereocenters. The maximum Gasteiger partial charge on any atom is 0.137 e. The van der Waals surface area contributed by atoms with Gasteiger partial charge in [-0.1, -0.05) is 0 Å². The van der Waals surface area contributed by atoms with Crippen molar-refractivity contribution in [3.63, 3.8) is 0 Å². The molecule has 0 aliphatic heterocycles. The zero-order chi connectivity index (χ0) is 9.47. The van der Waals surface area contributed by atoms with Crippen LogP contribution in [-0.4, -0.2) is 9.38 Å². The maximum atomic E-state index is 13.5. The van der Waals surface area contributed by atoms with Crippen LogP contribution in [0.3, 0.4) is 0 Å². The molecule has 0 aliphatic rings. The van der Waals surface area contributed by atoms with Gasteiger partial charge < -0.3 is 4.40 Å². The first-order valence-electron chi connectivity index (χ1n) is 4.19. The number of aromatic nitrogens is 2. The van der Waals surface area contributed by atoms with Crippen molar-refractivity contribution in [2.24, 2.45) is 0 Å². The standard InChI is InChI=1S/C10H11FN2/c1-10(2,11)8-3-5-13-6-4-12-9(13)7-8/h3-7H,1-2H3.